The summed E-state index contributed by atoms with van der Waals surface area (Å²) in [6.07, 6.45) is 0.636. The van der Waals surface area contributed by atoms with Crippen molar-refractivity contribution in [3.8, 4) is 0 Å². The van der Waals surface area contributed by atoms with E-state index in [2.05, 4.69) is 4.90 Å². The second kappa shape index (κ2) is 11.6. The molecule has 0 radical (unpaired) electrons. The van der Waals surface area contributed by atoms with Crippen LogP contribution in [0.15, 0.2) is 51.3 Å². The Hall–Kier alpha value is -3.03. The Morgan fingerprint density at radius 1 is 0.923 bits per heavy atom. The van der Waals surface area contributed by atoms with Crippen LogP contribution in [0, 0.1) is 6.92 Å². The molecule has 1 atom stereocenters. The Balaban J connectivity index is 1.42. The summed E-state index contributed by atoms with van der Waals surface area (Å²) in [5.41, 5.74) is 0.153. The highest BCUT2D eigenvalue weighted by atomic mass is 32.2. The SMILES string of the molecule is Cc1ccc(C2C(=C(O)c3ccc(S(=O)(=O)N4CCOCC4)cc3)C(=O)C(=O)N2CCCN2CCOCC2)o1. The van der Waals surface area contributed by atoms with Gasteiger partial charge in [0.05, 0.1) is 36.9 Å². The van der Waals surface area contributed by atoms with Gasteiger partial charge in [-0.3, -0.25) is 14.5 Å². The van der Waals surface area contributed by atoms with E-state index in [-0.39, 0.29) is 34.9 Å². The minimum Gasteiger partial charge on any atom is -0.507 e. The minimum absolute atomic E-state index is 0.0720. The number of nitrogens with zero attached hydrogens (tertiary/aromatic N) is 3. The zero-order valence-electron chi connectivity index (χ0n) is 21.9. The molecular weight excluding hydrogens is 526 g/mol. The molecular formula is C27H33N3O8S. The van der Waals surface area contributed by atoms with Crippen molar-refractivity contribution in [2.75, 3.05) is 65.7 Å². The van der Waals surface area contributed by atoms with Gasteiger partial charge in [0.25, 0.3) is 11.7 Å². The van der Waals surface area contributed by atoms with Crippen LogP contribution in [0.25, 0.3) is 5.76 Å². The van der Waals surface area contributed by atoms with E-state index in [9.17, 15) is 23.1 Å². The first-order valence-electron chi connectivity index (χ1n) is 13.1. The third-order valence-corrected chi connectivity index (χ3v) is 9.20. The highest BCUT2D eigenvalue weighted by Crippen LogP contribution is 2.40. The minimum atomic E-state index is -3.72. The lowest BCUT2D eigenvalue weighted by Crippen LogP contribution is -2.40. The molecule has 3 saturated heterocycles. The van der Waals surface area contributed by atoms with E-state index in [1.54, 1.807) is 19.1 Å². The standard InChI is InChI=1S/C27H33N3O8S/c1-19-3-8-22(38-19)24-23(26(32)27(33)30(24)10-2-9-28-11-15-36-16-12-28)25(31)20-4-6-21(7-5-20)39(34,35)29-13-17-37-18-14-29/h3-8,24,31H,2,9-18H2,1H3. The Kier molecular flexibility index (Phi) is 8.19. The van der Waals surface area contributed by atoms with Crippen molar-refractivity contribution in [3.05, 3.63) is 59.1 Å². The third-order valence-electron chi connectivity index (χ3n) is 7.28. The Morgan fingerprint density at radius 3 is 2.18 bits per heavy atom. The maximum Gasteiger partial charge on any atom is 0.295 e. The van der Waals surface area contributed by atoms with Gasteiger partial charge in [-0.25, -0.2) is 8.42 Å². The van der Waals surface area contributed by atoms with Gasteiger partial charge in [0.1, 0.15) is 23.3 Å². The van der Waals surface area contributed by atoms with E-state index in [0.717, 1.165) is 19.6 Å². The predicted molar refractivity (Wildman–Crippen MR) is 140 cm³/mol. The second-order valence-electron chi connectivity index (χ2n) is 9.79. The highest BCUT2D eigenvalue weighted by molar-refractivity contribution is 7.89. The highest BCUT2D eigenvalue weighted by Gasteiger charge is 2.47. The number of ketones is 1. The van der Waals surface area contributed by atoms with Gasteiger partial charge in [-0.15, -0.1) is 0 Å². The molecule has 11 nitrogen and oxygen atoms in total. The van der Waals surface area contributed by atoms with Gasteiger partial charge < -0.3 is 23.9 Å². The monoisotopic (exact) mass is 559 g/mol. The van der Waals surface area contributed by atoms with Crippen molar-refractivity contribution in [1.29, 1.82) is 0 Å². The lowest BCUT2D eigenvalue weighted by atomic mass is 9.99. The topological polar surface area (TPSA) is 130 Å². The first-order valence-corrected chi connectivity index (χ1v) is 14.5. The molecule has 5 rings (SSSR count). The van der Waals surface area contributed by atoms with Crippen LogP contribution in [0.1, 0.15) is 29.5 Å². The van der Waals surface area contributed by atoms with Crippen molar-refractivity contribution < 1.29 is 37.0 Å². The number of morpholine rings is 2. The molecule has 1 N–H and O–H groups in total. The van der Waals surface area contributed by atoms with Crippen LogP contribution < -0.4 is 0 Å². The quantitative estimate of drug-likeness (QED) is 0.292. The fourth-order valence-corrected chi connectivity index (χ4v) is 6.58. The average molecular weight is 560 g/mol. The maximum atomic E-state index is 13.2. The lowest BCUT2D eigenvalue weighted by Gasteiger charge is -2.28. The number of rotatable bonds is 8. The molecule has 12 heteroatoms. The van der Waals surface area contributed by atoms with Crippen LogP contribution in [0.4, 0.5) is 0 Å². The van der Waals surface area contributed by atoms with Gasteiger partial charge in [-0.05, 0) is 49.7 Å². The molecule has 3 aliphatic rings. The number of sulfonamides is 1. The fraction of sp³-hybridized carbons (Fsp3) is 0.481. The molecule has 210 valence electrons. The lowest BCUT2D eigenvalue weighted by molar-refractivity contribution is -0.140. The Bertz CT molecular complexity index is 1340. The average Bonchev–Trinajstić information content (AvgIpc) is 3.49. The molecule has 4 heterocycles. The van der Waals surface area contributed by atoms with Gasteiger partial charge in [-0.1, -0.05) is 0 Å². The van der Waals surface area contributed by atoms with Crippen molar-refractivity contribution in [1.82, 2.24) is 14.1 Å². The molecule has 3 fully saturated rings. The number of aliphatic hydroxyl groups is 1. The van der Waals surface area contributed by atoms with E-state index >= 15 is 0 Å². The molecule has 1 amide bonds. The second-order valence-corrected chi connectivity index (χ2v) is 11.7. The number of benzene rings is 1. The summed E-state index contributed by atoms with van der Waals surface area (Å²) in [6, 6.07) is 8.23. The first-order chi connectivity index (χ1) is 18.8. The van der Waals surface area contributed by atoms with E-state index in [1.165, 1.54) is 33.5 Å². The molecule has 3 aliphatic heterocycles. The third kappa shape index (κ3) is 5.66. The van der Waals surface area contributed by atoms with Crippen LogP contribution in [-0.4, -0.2) is 105 Å². The molecule has 1 unspecified atom stereocenters. The van der Waals surface area contributed by atoms with Crippen molar-refractivity contribution >= 4 is 27.5 Å². The van der Waals surface area contributed by atoms with Gasteiger partial charge >= 0.3 is 0 Å². The van der Waals surface area contributed by atoms with Crippen LogP contribution in [-0.2, 0) is 29.1 Å². The Labute approximate surface area is 227 Å². The molecule has 0 aliphatic carbocycles. The first kappa shape index (κ1) is 27.5. The molecule has 1 aromatic carbocycles. The summed E-state index contributed by atoms with van der Waals surface area (Å²) < 4.78 is 43.8. The van der Waals surface area contributed by atoms with Gasteiger partial charge in [-0.2, -0.15) is 4.31 Å². The summed E-state index contributed by atoms with van der Waals surface area (Å²) in [5, 5.41) is 11.3. The maximum absolute atomic E-state index is 13.2. The smallest absolute Gasteiger partial charge is 0.295 e. The van der Waals surface area contributed by atoms with Crippen LogP contribution >= 0.6 is 0 Å². The Morgan fingerprint density at radius 2 is 1.56 bits per heavy atom. The van der Waals surface area contributed by atoms with Crippen LogP contribution in [0.3, 0.4) is 0 Å². The molecule has 0 bridgehead atoms. The van der Waals surface area contributed by atoms with Crippen molar-refractivity contribution in [2.24, 2.45) is 0 Å². The van der Waals surface area contributed by atoms with Crippen molar-refractivity contribution in [3.63, 3.8) is 0 Å². The van der Waals surface area contributed by atoms with Gasteiger partial charge in [0.15, 0.2) is 0 Å². The molecule has 0 spiro atoms. The number of hydrogen-bond acceptors (Lipinski definition) is 9. The van der Waals surface area contributed by atoms with E-state index in [0.29, 0.717) is 50.9 Å². The van der Waals surface area contributed by atoms with Gasteiger partial charge in [0.2, 0.25) is 10.0 Å². The number of likely N-dealkylation sites (tertiary alicyclic amines) is 1. The number of aliphatic hydroxyl groups excluding tert-OH is 1. The number of hydrogen-bond donors (Lipinski definition) is 1. The van der Waals surface area contributed by atoms with E-state index in [1.807, 2.05) is 0 Å². The number of furan rings is 1. The molecule has 2 aromatic rings. The number of ether oxygens (including phenoxy) is 2. The van der Waals surface area contributed by atoms with Crippen molar-refractivity contribution in [2.45, 2.75) is 24.3 Å². The summed E-state index contributed by atoms with van der Waals surface area (Å²) in [5.74, 6) is -0.891. The number of Topliss-reactive ketones (excluding diaryl/α,β-unsaturated/α-hetero) is 1. The van der Waals surface area contributed by atoms with E-state index < -0.39 is 27.8 Å². The predicted octanol–water partition coefficient (Wildman–Crippen LogP) is 1.75. The molecule has 0 saturated carbocycles. The summed E-state index contributed by atoms with van der Waals surface area (Å²) in [7, 11) is -3.72. The van der Waals surface area contributed by atoms with Crippen LogP contribution in [0.2, 0.25) is 0 Å². The zero-order valence-corrected chi connectivity index (χ0v) is 22.7. The largest absolute Gasteiger partial charge is 0.507 e. The summed E-state index contributed by atoms with van der Waals surface area (Å²) >= 11 is 0. The summed E-state index contributed by atoms with van der Waals surface area (Å²) in [4.78, 5) is 30.1. The van der Waals surface area contributed by atoms with Gasteiger partial charge in [0, 0.05) is 44.8 Å². The number of carbonyl (C=O) groups is 2. The zero-order chi connectivity index (χ0) is 27.6. The number of amides is 1. The molecule has 1 aromatic heterocycles. The normalized spacial score (nSPS) is 23.0. The molecule has 39 heavy (non-hydrogen) atoms. The number of carbonyl (C=O) groups excluding carboxylic acids is 2. The number of aryl methyl sites for hydroxylation is 1. The van der Waals surface area contributed by atoms with Crippen LogP contribution in [0.5, 0.6) is 0 Å². The fourth-order valence-electron chi connectivity index (χ4n) is 5.17. The summed E-state index contributed by atoms with van der Waals surface area (Å²) in [6.45, 7) is 6.98. The van der Waals surface area contributed by atoms with E-state index in [4.69, 9.17) is 13.9 Å².